The highest BCUT2D eigenvalue weighted by atomic mass is 16.5. The van der Waals surface area contributed by atoms with Gasteiger partial charge in [-0.15, -0.1) is 0 Å². The zero-order chi connectivity index (χ0) is 28.5. The van der Waals surface area contributed by atoms with Crippen LogP contribution in [0.3, 0.4) is 0 Å². The van der Waals surface area contributed by atoms with Gasteiger partial charge in [0.1, 0.15) is 6.10 Å². The molecule has 4 saturated carbocycles. The van der Waals surface area contributed by atoms with Gasteiger partial charge < -0.3 is 4.74 Å². The van der Waals surface area contributed by atoms with E-state index in [1.165, 1.54) is 70.6 Å². The molecule has 0 heterocycles. The van der Waals surface area contributed by atoms with E-state index in [4.69, 9.17) is 4.74 Å². The van der Waals surface area contributed by atoms with Crippen LogP contribution in [0.1, 0.15) is 124 Å². The van der Waals surface area contributed by atoms with Gasteiger partial charge in [-0.3, -0.25) is 0 Å². The van der Waals surface area contributed by atoms with E-state index >= 15 is 0 Å². The standard InChI is InChI=1S/C38H58O2/c1-7-29(26(2)3)18-16-27(4)32-21-22-33-31-20-19-30-14-11-15-35(38(30,6)34(31)24-25-37(32,33)5)40-36(39)23-17-28-12-9-8-10-13-28/h8-10,12-13,17,23,26-27,29-35H,7,11,14-16,18-22,24-25H2,1-6H3/b23-17+/t27-,29-,30?,31-,32-,33+,34+,35?,37-,38+/m1/s1. The number of hydrogen-bond acceptors (Lipinski definition) is 2. The monoisotopic (exact) mass is 546 g/mol. The van der Waals surface area contributed by atoms with Crippen molar-refractivity contribution >= 4 is 12.0 Å². The van der Waals surface area contributed by atoms with Crippen LogP contribution in [-0.2, 0) is 9.53 Å². The molecule has 5 rings (SSSR count). The summed E-state index contributed by atoms with van der Waals surface area (Å²) in [6, 6.07) is 10.1. The summed E-state index contributed by atoms with van der Waals surface area (Å²) in [5.41, 5.74) is 1.69. The van der Waals surface area contributed by atoms with Gasteiger partial charge in [-0.25, -0.2) is 4.79 Å². The van der Waals surface area contributed by atoms with Crippen LogP contribution in [0.25, 0.3) is 6.08 Å². The molecule has 2 nitrogen and oxygen atoms in total. The average molecular weight is 547 g/mol. The summed E-state index contributed by atoms with van der Waals surface area (Å²) in [4.78, 5) is 13.1. The maximum absolute atomic E-state index is 13.1. The van der Waals surface area contributed by atoms with Gasteiger partial charge in [-0.1, -0.05) is 84.7 Å². The Bertz CT molecular complexity index is 1010. The van der Waals surface area contributed by atoms with E-state index in [0.717, 1.165) is 47.5 Å². The minimum Gasteiger partial charge on any atom is -0.459 e. The number of esters is 1. The van der Waals surface area contributed by atoms with E-state index in [1.807, 2.05) is 36.4 Å². The first-order valence-corrected chi connectivity index (χ1v) is 17.1. The Morgan fingerprint density at radius 2 is 1.73 bits per heavy atom. The van der Waals surface area contributed by atoms with E-state index in [-0.39, 0.29) is 17.5 Å². The number of fused-ring (bicyclic) bond motifs is 5. The summed E-state index contributed by atoms with van der Waals surface area (Å²) in [6.45, 7) is 15.0. The Morgan fingerprint density at radius 3 is 2.45 bits per heavy atom. The Balaban J connectivity index is 1.29. The molecule has 40 heavy (non-hydrogen) atoms. The third kappa shape index (κ3) is 5.59. The lowest BCUT2D eigenvalue weighted by Gasteiger charge is -2.62. The molecule has 0 saturated heterocycles. The van der Waals surface area contributed by atoms with Crippen LogP contribution in [0.15, 0.2) is 36.4 Å². The summed E-state index contributed by atoms with van der Waals surface area (Å²) < 4.78 is 6.39. The molecule has 0 N–H and O–H groups in total. The second-order valence-electron chi connectivity index (χ2n) is 15.3. The summed E-state index contributed by atoms with van der Waals surface area (Å²) >= 11 is 0. The van der Waals surface area contributed by atoms with Crippen molar-refractivity contribution in [3.63, 3.8) is 0 Å². The molecule has 1 aromatic carbocycles. The molecule has 0 amide bonds. The van der Waals surface area contributed by atoms with Gasteiger partial charge in [0.05, 0.1) is 0 Å². The Hall–Kier alpha value is -1.57. The molecule has 0 spiro atoms. The third-order valence-electron chi connectivity index (χ3n) is 13.4. The first-order valence-electron chi connectivity index (χ1n) is 17.1. The topological polar surface area (TPSA) is 26.3 Å². The SMILES string of the molecule is CC[C@H](CC[C@@H](C)[C@H]1CC[C@H]2[C@H]3CCC4CCCC(OC(=O)/C=C/c5ccccc5)[C@]4(C)[C@H]3CC[C@]12C)C(C)C. The molecule has 0 radical (unpaired) electrons. The molecule has 10 atom stereocenters. The third-order valence-corrected chi connectivity index (χ3v) is 13.4. The molecule has 0 bridgehead atoms. The van der Waals surface area contributed by atoms with Crippen LogP contribution in [0.4, 0.5) is 0 Å². The van der Waals surface area contributed by atoms with Gasteiger partial charge >= 0.3 is 5.97 Å². The highest BCUT2D eigenvalue weighted by Crippen LogP contribution is 2.68. The van der Waals surface area contributed by atoms with Crippen LogP contribution in [-0.4, -0.2) is 12.1 Å². The van der Waals surface area contributed by atoms with Crippen LogP contribution >= 0.6 is 0 Å². The summed E-state index contributed by atoms with van der Waals surface area (Å²) in [5.74, 6) is 6.35. The molecule has 4 aliphatic rings. The number of benzene rings is 1. The molecular weight excluding hydrogens is 488 g/mol. The number of ether oxygens (including phenoxy) is 1. The van der Waals surface area contributed by atoms with Gasteiger partial charge in [0.25, 0.3) is 0 Å². The molecule has 4 fully saturated rings. The lowest BCUT2D eigenvalue weighted by Crippen LogP contribution is -2.58. The maximum atomic E-state index is 13.1. The summed E-state index contributed by atoms with van der Waals surface area (Å²) in [6.07, 6.45) is 19.7. The fraction of sp³-hybridized carbons (Fsp3) is 0.763. The smallest absolute Gasteiger partial charge is 0.331 e. The molecule has 1 aromatic rings. The lowest BCUT2D eigenvalue weighted by molar-refractivity contribution is -0.188. The fourth-order valence-corrected chi connectivity index (χ4v) is 11.0. The van der Waals surface area contributed by atoms with Crippen molar-refractivity contribution in [3.8, 4) is 0 Å². The average Bonchev–Trinajstić information content (AvgIpc) is 3.30. The quantitative estimate of drug-likeness (QED) is 0.227. The van der Waals surface area contributed by atoms with Crippen molar-refractivity contribution in [2.75, 3.05) is 0 Å². The van der Waals surface area contributed by atoms with Crippen molar-refractivity contribution in [2.45, 2.75) is 125 Å². The summed E-state index contributed by atoms with van der Waals surface area (Å²) in [5, 5.41) is 0. The molecule has 2 unspecified atom stereocenters. The van der Waals surface area contributed by atoms with Crippen molar-refractivity contribution < 1.29 is 9.53 Å². The van der Waals surface area contributed by atoms with Gasteiger partial charge in [0.15, 0.2) is 0 Å². The van der Waals surface area contributed by atoms with Crippen molar-refractivity contribution in [2.24, 2.45) is 58.2 Å². The zero-order valence-electron chi connectivity index (χ0n) is 26.5. The van der Waals surface area contributed by atoms with E-state index in [1.54, 1.807) is 6.08 Å². The number of carbonyl (C=O) groups is 1. The molecule has 2 heteroatoms. The highest BCUT2D eigenvalue weighted by molar-refractivity contribution is 5.87. The van der Waals surface area contributed by atoms with Crippen LogP contribution in [0.2, 0.25) is 0 Å². The second-order valence-corrected chi connectivity index (χ2v) is 15.3. The van der Waals surface area contributed by atoms with E-state index in [2.05, 4.69) is 41.5 Å². The number of carbonyl (C=O) groups excluding carboxylic acids is 1. The molecule has 4 aliphatic carbocycles. The number of rotatable bonds is 9. The molecular formula is C38H58O2. The van der Waals surface area contributed by atoms with Gasteiger partial charge in [0.2, 0.25) is 0 Å². The minimum absolute atomic E-state index is 0.0643. The van der Waals surface area contributed by atoms with Gasteiger partial charge in [-0.2, -0.15) is 0 Å². The van der Waals surface area contributed by atoms with E-state index in [9.17, 15) is 4.79 Å². The van der Waals surface area contributed by atoms with Crippen LogP contribution in [0, 0.1) is 58.2 Å². The van der Waals surface area contributed by atoms with Crippen molar-refractivity contribution in [1.29, 1.82) is 0 Å². The molecule has 222 valence electrons. The largest absolute Gasteiger partial charge is 0.459 e. The fourth-order valence-electron chi connectivity index (χ4n) is 11.0. The van der Waals surface area contributed by atoms with Crippen molar-refractivity contribution in [1.82, 2.24) is 0 Å². The minimum atomic E-state index is -0.153. The Kier molecular flexibility index (Phi) is 9.23. The van der Waals surface area contributed by atoms with E-state index < -0.39 is 0 Å². The molecule has 0 aliphatic heterocycles. The normalized spacial score (nSPS) is 38.9. The maximum Gasteiger partial charge on any atom is 0.331 e. The Labute approximate surface area is 246 Å². The summed E-state index contributed by atoms with van der Waals surface area (Å²) in [7, 11) is 0. The first kappa shape index (κ1) is 29.9. The highest BCUT2D eigenvalue weighted by Gasteiger charge is 2.62. The van der Waals surface area contributed by atoms with Crippen molar-refractivity contribution in [3.05, 3.63) is 42.0 Å². The van der Waals surface area contributed by atoms with Crippen LogP contribution < -0.4 is 0 Å². The Morgan fingerprint density at radius 1 is 0.950 bits per heavy atom. The second kappa shape index (κ2) is 12.3. The first-order chi connectivity index (χ1) is 19.2. The van der Waals surface area contributed by atoms with E-state index in [0.29, 0.717) is 17.3 Å². The number of hydrogen-bond donors (Lipinski definition) is 0. The predicted octanol–water partition coefficient (Wildman–Crippen LogP) is 10.4. The molecule has 0 aromatic heterocycles. The lowest BCUT2D eigenvalue weighted by atomic mass is 9.44. The van der Waals surface area contributed by atoms with Gasteiger partial charge in [-0.05, 0) is 129 Å². The van der Waals surface area contributed by atoms with Crippen LogP contribution in [0.5, 0.6) is 0 Å². The van der Waals surface area contributed by atoms with Gasteiger partial charge in [0, 0.05) is 11.5 Å². The zero-order valence-corrected chi connectivity index (χ0v) is 26.5. The predicted molar refractivity (Wildman–Crippen MR) is 168 cm³/mol.